The molecule has 1 aliphatic rings. The lowest BCUT2D eigenvalue weighted by atomic mass is 9.85. The second kappa shape index (κ2) is 6.43. The number of thioether (sulfide) groups is 1. The minimum Gasteiger partial charge on any atom is -0.369 e. The summed E-state index contributed by atoms with van der Waals surface area (Å²) >= 11 is 7.45. The first-order chi connectivity index (χ1) is 9.10. The largest absolute Gasteiger partial charge is 0.369 e. The molecule has 1 amide bonds. The van der Waals surface area contributed by atoms with Crippen LogP contribution in [0.2, 0.25) is 5.02 Å². The lowest BCUT2D eigenvalue weighted by Gasteiger charge is -2.27. The maximum atomic E-state index is 11.2. The second-order valence-corrected chi connectivity index (χ2v) is 5.86. The van der Waals surface area contributed by atoms with E-state index >= 15 is 0 Å². The molecule has 1 fully saturated rings. The van der Waals surface area contributed by atoms with E-state index in [-0.39, 0.29) is 17.9 Å². The van der Waals surface area contributed by atoms with Crippen molar-refractivity contribution in [3.8, 4) is 0 Å². The number of nitrogens with two attached hydrogens (primary N) is 1. The van der Waals surface area contributed by atoms with Crippen LogP contribution in [0.4, 0.5) is 5.95 Å². The number of rotatable bonds is 4. The fourth-order valence-electron chi connectivity index (χ4n) is 2.33. The Morgan fingerprint density at radius 3 is 3.05 bits per heavy atom. The number of carbonyl (C=O) groups excluding carboxylic acids is 1. The van der Waals surface area contributed by atoms with Crippen molar-refractivity contribution in [1.82, 2.24) is 9.97 Å². The van der Waals surface area contributed by atoms with Crippen LogP contribution in [-0.4, -0.2) is 28.2 Å². The lowest BCUT2D eigenvalue weighted by molar-refractivity contribution is -0.122. The van der Waals surface area contributed by atoms with Gasteiger partial charge < -0.3 is 11.1 Å². The van der Waals surface area contributed by atoms with Gasteiger partial charge in [-0.15, -0.1) is 11.8 Å². The van der Waals surface area contributed by atoms with Gasteiger partial charge >= 0.3 is 0 Å². The molecule has 1 saturated carbocycles. The molecule has 2 atom stereocenters. The van der Waals surface area contributed by atoms with Gasteiger partial charge in [0.25, 0.3) is 0 Å². The van der Waals surface area contributed by atoms with Gasteiger partial charge in [-0.2, -0.15) is 0 Å². The Morgan fingerprint density at radius 1 is 1.58 bits per heavy atom. The van der Waals surface area contributed by atoms with Gasteiger partial charge in [0.15, 0.2) is 0 Å². The fraction of sp³-hybridized carbons (Fsp3) is 0.583. The van der Waals surface area contributed by atoms with Gasteiger partial charge in [-0.3, -0.25) is 4.79 Å². The summed E-state index contributed by atoms with van der Waals surface area (Å²) in [5, 5.41) is 4.57. The Morgan fingerprint density at radius 2 is 2.37 bits per heavy atom. The zero-order valence-electron chi connectivity index (χ0n) is 10.7. The molecule has 19 heavy (non-hydrogen) atoms. The summed E-state index contributed by atoms with van der Waals surface area (Å²) in [6.07, 6.45) is 7.14. The molecule has 2 rings (SSSR count). The smallest absolute Gasteiger partial charge is 0.224 e. The van der Waals surface area contributed by atoms with Crippen molar-refractivity contribution in [3.05, 3.63) is 11.2 Å². The van der Waals surface area contributed by atoms with Crippen LogP contribution in [0.15, 0.2) is 11.2 Å². The molecule has 0 bridgehead atoms. The van der Waals surface area contributed by atoms with Crippen molar-refractivity contribution in [2.75, 3.05) is 11.6 Å². The Kier molecular flexibility index (Phi) is 4.87. The average molecular weight is 301 g/mol. The molecule has 0 aromatic carbocycles. The van der Waals surface area contributed by atoms with E-state index in [1.165, 1.54) is 11.8 Å². The summed E-state index contributed by atoms with van der Waals surface area (Å²) < 4.78 is 0. The van der Waals surface area contributed by atoms with Crippen LogP contribution in [-0.2, 0) is 4.79 Å². The average Bonchev–Trinajstić information content (AvgIpc) is 2.41. The van der Waals surface area contributed by atoms with Crippen LogP contribution in [0.25, 0.3) is 0 Å². The van der Waals surface area contributed by atoms with Gasteiger partial charge in [-0.05, 0) is 25.5 Å². The van der Waals surface area contributed by atoms with Crippen molar-refractivity contribution >= 4 is 35.2 Å². The van der Waals surface area contributed by atoms with Crippen LogP contribution >= 0.6 is 23.4 Å². The number of halogens is 1. The van der Waals surface area contributed by atoms with Crippen molar-refractivity contribution < 1.29 is 4.79 Å². The molecule has 0 unspecified atom stereocenters. The van der Waals surface area contributed by atoms with Gasteiger partial charge in [0.05, 0.1) is 11.2 Å². The van der Waals surface area contributed by atoms with E-state index in [2.05, 4.69) is 15.3 Å². The van der Waals surface area contributed by atoms with Crippen LogP contribution < -0.4 is 11.1 Å². The third kappa shape index (κ3) is 3.73. The molecule has 3 N–H and O–H groups in total. The minimum absolute atomic E-state index is 0.0430. The molecule has 1 aromatic rings. The first kappa shape index (κ1) is 14.4. The van der Waals surface area contributed by atoms with Gasteiger partial charge in [0, 0.05) is 12.0 Å². The van der Waals surface area contributed by atoms with E-state index in [1.807, 2.05) is 6.26 Å². The van der Waals surface area contributed by atoms with E-state index in [0.29, 0.717) is 11.0 Å². The van der Waals surface area contributed by atoms with E-state index in [9.17, 15) is 4.79 Å². The van der Waals surface area contributed by atoms with Gasteiger partial charge in [-0.25, -0.2) is 9.97 Å². The number of anilines is 1. The molecule has 104 valence electrons. The summed E-state index contributed by atoms with van der Waals surface area (Å²) in [5.74, 6) is 0.302. The number of carbonyl (C=O) groups is 1. The predicted octanol–water partition coefficient (Wildman–Crippen LogP) is 2.31. The minimum atomic E-state index is -0.215. The van der Waals surface area contributed by atoms with E-state index in [1.54, 1.807) is 6.20 Å². The highest BCUT2D eigenvalue weighted by Gasteiger charge is 2.26. The molecule has 0 spiro atoms. The fourth-order valence-corrected chi connectivity index (χ4v) is 3.07. The standard InChI is InChI=1S/C12H17ClN4OS/c1-19-11-9(13)6-15-12(17-11)16-8-4-2-3-7(5-8)10(14)18/h6-8H,2-5H2,1H3,(H2,14,18)(H,15,16,17)/t7-,8+/m1/s1. The topological polar surface area (TPSA) is 80.9 Å². The Balaban J connectivity index is 2.02. The maximum Gasteiger partial charge on any atom is 0.224 e. The van der Waals surface area contributed by atoms with Crippen molar-refractivity contribution in [3.63, 3.8) is 0 Å². The molecule has 0 aliphatic heterocycles. The maximum absolute atomic E-state index is 11.2. The summed E-state index contributed by atoms with van der Waals surface area (Å²) in [6.45, 7) is 0. The highest BCUT2D eigenvalue weighted by Crippen LogP contribution is 2.27. The van der Waals surface area contributed by atoms with E-state index in [4.69, 9.17) is 17.3 Å². The molecule has 1 aromatic heterocycles. The first-order valence-corrected chi connectivity index (χ1v) is 7.82. The SMILES string of the molecule is CSc1nc(N[C@H]2CCC[C@@H](C(N)=O)C2)ncc1Cl. The molecular weight excluding hydrogens is 284 g/mol. The normalized spacial score (nSPS) is 23.1. The molecule has 0 saturated heterocycles. The molecule has 1 aliphatic carbocycles. The van der Waals surface area contributed by atoms with E-state index in [0.717, 1.165) is 30.7 Å². The number of hydrogen-bond acceptors (Lipinski definition) is 5. The van der Waals surface area contributed by atoms with E-state index < -0.39 is 0 Å². The monoisotopic (exact) mass is 300 g/mol. The number of aromatic nitrogens is 2. The Labute approximate surface area is 121 Å². The summed E-state index contributed by atoms with van der Waals surface area (Å²) in [7, 11) is 0. The number of amides is 1. The third-order valence-corrected chi connectivity index (χ3v) is 4.40. The van der Waals surface area contributed by atoms with Crippen molar-refractivity contribution in [1.29, 1.82) is 0 Å². The Bertz CT molecular complexity index is 471. The summed E-state index contributed by atoms with van der Waals surface area (Å²) in [6, 6.07) is 0.196. The predicted molar refractivity (Wildman–Crippen MR) is 77.4 cm³/mol. The second-order valence-electron chi connectivity index (χ2n) is 4.66. The molecule has 0 radical (unpaired) electrons. The number of nitrogens with one attached hydrogen (secondary N) is 1. The van der Waals surface area contributed by atoms with Crippen LogP contribution in [0.3, 0.4) is 0 Å². The first-order valence-electron chi connectivity index (χ1n) is 6.22. The molecule has 1 heterocycles. The number of nitrogens with zero attached hydrogens (tertiary/aromatic N) is 2. The number of primary amides is 1. The molecule has 7 heteroatoms. The highest BCUT2D eigenvalue weighted by molar-refractivity contribution is 7.98. The summed E-state index contributed by atoms with van der Waals surface area (Å²) in [5.41, 5.74) is 5.37. The lowest BCUT2D eigenvalue weighted by Crippen LogP contribution is -2.34. The molecule has 5 nitrogen and oxygen atoms in total. The van der Waals surface area contributed by atoms with Crippen LogP contribution in [0.1, 0.15) is 25.7 Å². The number of hydrogen-bond donors (Lipinski definition) is 2. The van der Waals surface area contributed by atoms with Gasteiger partial charge in [0.1, 0.15) is 5.03 Å². The van der Waals surface area contributed by atoms with Crippen molar-refractivity contribution in [2.24, 2.45) is 11.7 Å². The van der Waals surface area contributed by atoms with Crippen LogP contribution in [0.5, 0.6) is 0 Å². The zero-order valence-corrected chi connectivity index (χ0v) is 12.3. The zero-order chi connectivity index (χ0) is 13.8. The van der Waals surface area contributed by atoms with Gasteiger partial charge in [0.2, 0.25) is 11.9 Å². The molecular formula is C12H17ClN4OS. The summed E-state index contributed by atoms with van der Waals surface area (Å²) in [4.78, 5) is 19.8. The quantitative estimate of drug-likeness (QED) is 0.659. The van der Waals surface area contributed by atoms with Crippen LogP contribution in [0, 0.1) is 5.92 Å². The highest BCUT2D eigenvalue weighted by atomic mass is 35.5. The third-order valence-electron chi connectivity index (χ3n) is 3.32. The van der Waals surface area contributed by atoms with Gasteiger partial charge in [-0.1, -0.05) is 18.0 Å². The Hall–Kier alpha value is -1.01. The van der Waals surface area contributed by atoms with Crippen molar-refractivity contribution in [2.45, 2.75) is 36.8 Å².